The Morgan fingerprint density at radius 1 is 1.00 bits per heavy atom. The van der Waals surface area contributed by atoms with E-state index in [0.29, 0.717) is 6.61 Å². The van der Waals surface area contributed by atoms with Crippen LogP contribution in [0.15, 0.2) is 11.5 Å². The lowest BCUT2D eigenvalue weighted by atomic mass is 10.1. The van der Waals surface area contributed by atoms with Gasteiger partial charge < -0.3 is 24.8 Å². The molecule has 0 aromatic carbocycles. The Labute approximate surface area is 150 Å². The highest BCUT2D eigenvalue weighted by molar-refractivity contribution is 5.89. The van der Waals surface area contributed by atoms with Crippen molar-refractivity contribution in [1.29, 1.82) is 0 Å². The first-order valence-electron chi connectivity index (χ1n) is 9.67. The number of unbranched alkanes of at least 4 members (excludes halogenated alkanes) is 10. The highest BCUT2D eigenvalue weighted by Crippen LogP contribution is 2.24. The highest BCUT2D eigenvalue weighted by atomic mass is 16.6. The summed E-state index contributed by atoms with van der Waals surface area (Å²) in [5.41, 5.74) is 0. The largest absolute Gasteiger partial charge is 0.505 e. The Bertz CT molecular complexity index is 407. The Hall–Kier alpha value is -1.27. The summed E-state index contributed by atoms with van der Waals surface area (Å²) in [4.78, 5) is 11.6. The van der Waals surface area contributed by atoms with E-state index in [1.165, 1.54) is 51.4 Å². The molecule has 0 spiro atoms. The van der Waals surface area contributed by atoms with Crippen LogP contribution in [-0.4, -0.2) is 46.7 Å². The molecule has 0 aromatic heterocycles. The normalized spacial score (nSPS) is 18.5. The van der Waals surface area contributed by atoms with Crippen LogP contribution in [0.1, 0.15) is 77.6 Å². The maximum Gasteiger partial charge on any atom is 0.378 e. The molecule has 0 unspecified atom stereocenters. The molecule has 6 nitrogen and oxygen atoms in total. The van der Waals surface area contributed by atoms with Gasteiger partial charge in [-0.05, 0) is 6.42 Å². The van der Waals surface area contributed by atoms with Gasteiger partial charge in [0.05, 0.1) is 13.2 Å². The average molecular weight is 358 g/mol. The van der Waals surface area contributed by atoms with Gasteiger partial charge in [-0.3, -0.25) is 0 Å². The summed E-state index contributed by atoms with van der Waals surface area (Å²) in [6, 6.07) is 0. The lowest BCUT2D eigenvalue weighted by Gasteiger charge is -2.13. The van der Waals surface area contributed by atoms with E-state index in [2.05, 4.69) is 6.92 Å². The van der Waals surface area contributed by atoms with E-state index in [1.54, 1.807) is 0 Å². The average Bonchev–Trinajstić information content (AvgIpc) is 2.89. The maximum atomic E-state index is 11.6. The first-order chi connectivity index (χ1) is 12.1. The molecule has 0 aliphatic carbocycles. The minimum absolute atomic E-state index is 0.246. The molecule has 0 saturated carbocycles. The number of hydrogen-bond acceptors (Lipinski definition) is 6. The maximum absolute atomic E-state index is 11.6. The molecule has 0 bridgehead atoms. The van der Waals surface area contributed by atoms with Crippen LogP contribution in [0.25, 0.3) is 0 Å². The fourth-order valence-electron chi connectivity index (χ4n) is 2.89. The third-order valence-electron chi connectivity index (χ3n) is 4.45. The van der Waals surface area contributed by atoms with Crippen molar-refractivity contribution in [2.75, 3.05) is 13.2 Å². The zero-order chi connectivity index (χ0) is 18.5. The number of rotatable bonds is 15. The van der Waals surface area contributed by atoms with Crippen LogP contribution >= 0.6 is 0 Å². The van der Waals surface area contributed by atoms with E-state index in [-0.39, 0.29) is 5.76 Å². The number of esters is 1. The predicted molar refractivity (Wildman–Crippen MR) is 95.0 cm³/mol. The zero-order valence-corrected chi connectivity index (χ0v) is 15.4. The van der Waals surface area contributed by atoms with Gasteiger partial charge >= 0.3 is 5.97 Å². The van der Waals surface area contributed by atoms with Crippen molar-refractivity contribution in [3.63, 3.8) is 0 Å². The van der Waals surface area contributed by atoms with Crippen LogP contribution in [0.4, 0.5) is 0 Å². The second-order valence-electron chi connectivity index (χ2n) is 6.67. The number of ether oxygens (including phenoxy) is 2. The number of carbonyl (C=O) groups excluding carboxylic acids is 1. The highest BCUT2D eigenvalue weighted by Gasteiger charge is 2.40. The summed E-state index contributed by atoms with van der Waals surface area (Å²) in [6.07, 6.45) is 10.8. The van der Waals surface area contributed by atoms with Crippen molar-refractivity contribution in [2.24, 2.45) is 0 Å². The van der Waals surface area contributed by atoms with Crippen LogP contribution in [-0.2, 0) is 14.3 Å². The van der Waals surface area contributed by atoms with Gasteiger partial charge in [0.25, 0.3) is 0 Å². The van der Waals surface area contributed by atoms with E-state index in [9.17, 15) is 15.0 Å². The minimum Gasteiger partial charge on any atom is -0.505 e. The van der Waals surface area contributed by atoms with E-state index in [1.807, 2.05) is 0 Å². The fraction of sp³-hybridized carbons (Fsp3) is 0.842. The van der Waals surface area contributed by atoms with Crippen molar-refractivity contribution in [3.05, 3.63) is 11.5 Å². The molecule has 3 N–H and O–H groups in total. The Kier molecular flexibility index (Phi) is 11.3. The van der Waals surface area contributed by atoms with Crippen LogP contribution in [0.3, 0.4) is 0 Å². The number of cyclic esters (lactones) is 1. The van der Waals surface area contributed by atoms with Gasteiger partial charge in [0.15, 0.2) is 11.9 Å². The molecule has 0 radical (unpaired) electrons. The molecular weight excluding hydrogens is 324 g/mol. The molecule has 2 atom stereocenters. The SMILES string of the molecule is CCCCCCCCCCCCCOC1=C(O)[C@@H]([C@@H](O)CO)OC1=O. The number of aliphatic hydroxyl groups excluding tert-OH is 3. The molecule has 0 amide bonds. The summed E-state index contributed by atoms with van der Waals surface area (Å²) in [5, 5.41) is 28.2. The molecule has 1 heterocycles. The van der Waals surface area contributed by atoms with Crippen LogP contribution < -0.4 is 0 Å². The van der Waals surface area contributed by atoms with Crippen LogP contribution in [0.5, 0.6) is 0 Å². The van der Waals surface area contributed by atoms with Crippen molar-refractivity contribution >= 4 is 5.97 Å². The van der Waals surface area contributed by atoms with Gasteiger partial charge in [-0.1, -0.05) is 71.1 Å². The van der Waals surface area contributed by atoms with E-state index < -0.39 is 30.5 Å². The lowest BCUT2D eigenvalue weighted by Crippen LogP contribution is -2.31. The van der Waals surface area contributed by atoms with Crippen molar-refractivity contribution in [3.8, 4) is 0 Å². The summed E-state index contributed by atoms with van der Waals surface area (Å²) >= 11 is 0. The van der Waals surface area contributed by atoms with Crippen LogP contribution in [0, 0.1) is 0 Å². The van der Waals surface area contributed by atoms with E-state index in [4.69, 9.17) is 14.6 Å². The van der Waals surface area contributed by atoms with Crippen molar-refractivity contribution < 1.29 is 29.6 Å². The molecular formula is C19H34O6. The zero-order valence-electron chi connectivity index (χ0n) is 15.4. The van der Waals surface area contributed by atoms with Gasteiger partial charge in [-0.15, -0.1) is 0 Å². The molecule has 1 aliphatic rings. The number of hydrogen-bond donors (Lipinski definition) is 3. The molecule has 6 heteroatoms. The minimum atomic E-state index is -1.34. The molecule has 1 aliphatic heterocycles. The van der Waals surface area contributed by atoms with E-state index in [0.717, 1.165) is 19.3 Å². The van der Waals surface area contributed by atoms with E-state index >= 15 is 0 Å². The summed E-state index contributed by atoms with van der Waals surface area (Å²) < 4.78 is 10.1. The standard InChI is InChI=1S/C19H34O6/c1-2-3-4-5-6-7-8-9-10-11-12-13-24-18-16(22)17(15(21)14-20)25-19(18)23/h15,17,20-22H,2-14H2,1H3/t15-,17+/m0/s1. The topological polar surface area (TPSA) is 96.2 Å². The summed E-state index contributed by atoms with van der Waals surface area (Å²) in [6.45, 7) is 1.95. The Morgan fingerprint density at radius 2 is 1.52 bits per heavy atom. The monoisotopic (exact) mass is 358 g/mol. The molecule has 146 valence electrons. The smallest absolute Gasteiger partial charge is 0.378 e. The lowest BCUT2D eigenvalue weighted by molar-refractivity contribution is -0.148. The predicted octanol–water partition coefficient (Wildman–Crippen LogP) is 3.36. The summed E-state index contributed by atoms with van der Waals surface area (Å²) in [7, 11) is 0. The van der Waals surface area contributed by atoms with Crippen molar-refractivity contribution in [1.82, 2.24) is 0 Å². The first-order valence-corrected chi connectivity index (χ1v) is 9.67. The molecule has 0 aromatic rings. The first kappa shape index (κ1) is 21.8. The summed E-state index contributed by atoms with van der Waals surface area (Å²) in [5.74, 6) is -1.47. The Balaban J connectivity index is 2.04. The molecule has 1 rings (SSSR count). The fourth-order valence-corrected chi connectivity index (χ4v) is 2.89. The van der Waals surface area contributed by atoms with Gasteiger partial charge in [-0.2, -0.15) is 0 Å². The second kappa shape index (κ2) is 13.0. The van der Waals surface area contributed by atoms with Gasteiger partial charge in [0.1, 0.15) is 6.10 Å². The van der Waals surface area contributed by atoms with Crippen LogP contribution in [0.2, 0.25) is 0 Å². The Morgan fingerprint density at radius 3 is 2.04 bits per heavy atom. The molecule has 25 heavy (non-hydrogen) atoms. The van der Waals surface area contributed by atoms with Crippen molar-refractivity contribution in [2.45, 2.75) is 89.8 Å². The second-order valence-corrected chi connectivity index (χ2v) is 6.67. The quantitative estimate of drug-likeness (QED) is 0.307. The molecule has 0 saturated heterocycles. The third-order valence-corrected chi connectivity index (χ3v) is 4.45. The third kappa shape index (κ3) is 8.10. The number of aliphatic hydroxyl groups is 3. The molecule has 0 fully saturated rings. The number of carbonyl (C=O) groups is 1. The van der Waals surface area contributed by atoms with Gasteiger partial charge in [0.2, 0.25) is 5.76 Å². The van der Waals surface area contributed by atoms with Gasteiger partial charge in [-0.25, -0.2) is 4.79 Å². The van der Waals surface area contributed by atoms with Gasteiger partial charge in [0, 0.05) is 0 Å².